The third-order valence-electron chi connectivity index (χ3n) is 2.54. The van der Waals surface area contributed by atoms with Gasteiger partial charge in [-0.15, -0.1) is 0 Å². The summed E-state index contributed by atoms with van der Waals surface area (Å²) in [4.78, 5) is 2.34. The molecule has 0 fully saturated rings. The van der Waals surface area contributed by atoms with Crippen molar-refractivity contribution >= 4 is 11.6 Å². The summed E-state index contributed by atoms with van der Waals surface area (Å²) in [5.41, 5.74) is 2.92. The van der Waals surface area contributed by atoms with Gasteiger partial charge in [0, 0.05) is 18.6 Å². The van der Waals surface area contributed by atoms with E-state index in [0.29, 0.717) is 0 Å². The predicted octanol–water partition coefficient (Wildman–Crippen LogP) is 2.85. The molecule has 0 atom stereocenters. The molecule has 1 rings (SSSR count). The molecule has 0 unspecified atom stereocenters. The third-order valence-corrected chi connectivity index (χ3v) is 2.72. The first-order valence-electron chi connectivity index (χ1n) is 6.01. The highest BCUT2D eigenvalue weighted by Gasteiger charge is 1.98. The zero-order chi connectivity index (χ0) is 12.3. The van der Waals surface area contributed by atoms with E-state index >= 15 is 0 Å². The summed E-state index contributed by atoms with van der Waals surface area (Å²) in [6.07, 6.45) is 3.06. The van der Waals surface area contributed by atoms with E-state index in [2.05, 4.69) is 47.6 Å². The molecule has 0 aromatic heterocycles. The highest BCUT2D eigenvalue weighted by atomic mass is 35.5. The molecular weight excluding hydrogens is 232 g/mol. The Hall–Kier alpha value is -0.830. The summed E-state index contributed by atoms with van der Waals surface area (Å²) in [5.74, 6) is 0. The topological polar surface area (TPSA) is 15.3 Å². The highest BCUT2D eigenvalue weighted by molar-refractivity contribution is 6.25. The van der Waals surface area contributed by atoms with Crippen molar-refractivity contribution in [1.82, 2.24) is 10.2 Å². The molecule has 2 nitrogen and oxygen atoms in total. The first kappa shape index (κ1) is 14.2. The van der Waals surface area contributed by atoms with Gasteiger partial charge in [0.05, 0.1) is 0 Å². The number of benzene rings is 1. The van der Waals surface area contributed by atoms with E-state index in [1.54, 1.807) is 5.54 Å². The summed E-state index contributed by atoms with van der Waals surface area (Å²) in [6, 6.07) is 10.6. The molecular formula is C14H21ClN2. The lowest BCUT2D eigenvalue weighted by molar-refractivity contribution is 0.320. The number of nitrogens with one attached hydrogen (secondary N) is 1. The van der Waals surface area contributed by atoms with Gasteiger partial charge in [0.25, 0.3) is 0 Å². The molecule has 0 saturated carbocycles. The van der Waals surface area contributed by atoms with Gasteiger partial charge in [-0.3, -0.25) is 0 Å². The van der Waals surface area contributed by atoms with Gasteiger partial charge in [-0.25, -0.2) is 0 Å². The minimum absolute atomic E-state index is 0.853. The molecule has 3 heteroatoms. The van der Waals surface area contributed by atoms with E-state index in [9.17, 15) is 0 Å². The molecule has 94 valence electrons. The van der Waals surface area contributed by atoms with Crippen LogP contribution in [-0.4, -0.2) is 31.6 Å². The summed E-state index contributed by atoms with van der Waals surface area (Å²) in [5, 5.41) is 3.31. The van der Waals surface area contributed by atoms with Crippen molar-refractivity contribution in [2.45, 2.75) is 13.0 Å². The second kappa shape index (κ2) is 9.23. The van der Waals surface area contributed by atoms with Crippen LogP contribution in [0.15, 0.2) is 41.9 Å². The van der Waals surface area contributed by atoms with Crippen molar-refractivity contribution < 1.29 is 0 Å². The van der Waals surface area contributed by atoms with E-state index in [4.69, 9.17) is 11.6 Å². The minimum Gasteiger partial charge on any atom is -0.313 e. The van der Waals surface area contributed by atoms with Gasteiger partial charge in [-0.1, -0.05) is 48.0 Å². The number of halogens is 1. The molecule has 1 N–H and O–H groups in total. The van der Waals surface area contributed by atoms with E-state index in [0.717, 1.165) is 32.6 Å². The lowest BCUT2D eigenvalue weighted by Gasteiger charge is -2.16. The Labute approximate surface area is 109 Å². The van der Waals surface area contributed by atoms with Gasteiger partial charge in [0.15, 0.2) is 0 Å². The average Bonchev–Trinajstić information content (AvgIpc) is 2.35. The van der Waals surface area contributed by atoms with Crippen molar-refractivity contribution in [1.29, 1.82) is 0 Å². The molecule has 0 aliphatic carbocycles. The van der Waals surface area contributed by atoms with Gasteiger partial charge < -0.3 is 10.2 Å². The Morgan fingerprint density at radius 2 is 2.06 bits per heavy atom. The van der Waals surface area contributed by atoms with Crippen LogP contribution in [-0.2, 0) is 6.54 Å². The number of hydrogen-bond acceptors (Lipinski definition) is 2. The highest BCUT2D eigenvalue weighted by Crippen LogP contribution is 2.02. The summed E-state index contributed by atoms with van der Waals surface area (Å²) >= 11 is 5.43. The van der Waals surface area contributed by atoms with Crippen LogP contribution in [0.25, 0.3) is 0 Å². The molecule has 17 heavy (non-hydrogen) atoms. The molecule has 0 bridgehead atoms. The molecule has 0 amide bonds. The third kappa shape index (κ3) is 7.16. The van der Waals surface area contributed by atoms with Gasteiger partial charge in [-0.05, 0) is 32.1 Å². The first-order valence-corrected chi connectivity index (χ1v) is 6.45. The number of hydrogen-bond donors (Lipinski definition) is 1. The Morgan fingerprint density at radius 3 is 2.76 bits per heavy atom. The molecule has 0 radical (unpaired) electrons. The standard InChI is InChI=1S/C14H21ClN2/c1-17(12-6-11-16-10-5-9-15)13-14-7-3-2-4-8-14/h2-5,7-9,16H,6,10-13H2,1H3/b9-5+. The van der Waals surface area contributed by atoms with Crippen LogP contribution in [0.4, 0.5) is 0 Å². The van der Waals surface area contributed by atoms with Crippen LogP contribution in [0.2, 0.25) is 0 Å². The maximum Gasteiger partial charge on any atom is 0.0230 e. The second-order valence-electron chi connectivity index (χ2n) is 4.14. The maximum absolute atomic E-state index is 5.43. The lowest BCUT2D eigenvalue weighted by Crippen LogP contribution is -2.23. The van der Waals surface area contributed by atoms with Crippen LogP contribution >= 0.6 is 11.6 Å². The zero-order valence-corrected chi connectivity index (χ0v) is 11.2. The van der Waals surface area contributed by atoms with Crippen LogP contribution in [0.5, 0.6) is 0 Å². The van der Waals surface area contributed by atoms with Crippen molar-refractivity contribution in [2.24, 2.45) is 0 Å². The van der Waals surface area contributed by atoms with Crippen molar-refractivity contribution in [2.75, 3.05) is 26.7 Å². The second-order valence-corrected chi connectivity index (χ2v) is 4.39. The van der Waals surface area contributed by atoms with Gasteiger partial charge in [0.1, 0.15) is 0 Å². The van der Waals surface area contributed by atoms with Crippen LogP contribution in [0, 0.1) is 0 Å². The quantitative estimate of drug-likeness (QED) is 0.716. The summed E-state index contributed by atoms with van der Waals surface area (Å²) in [7, 11) is 2.16. The Kier molecular flexibility index (Phi) is 7.72. The number of rotatable bonds is 8. The van der Waals surface area contributed by atoms with Crippen LogP contribution in [0.1, 0.15) is 12.0 Å². The van der Waals surface area contributed by atoms with E-state index in [-0.39, 0.29) is 0 Å². The Balaban J connectivity index is 2.07. The molecule has 0 spiro atoms. The Bertz CT molecular complexity index is 311. The molecule has 0 aliphatic rings. The van der Waals surface area contributed by atoms with Gasteiger partial charge >= 0.3 is 0 Å². The fraction of sp³-hybridized carbons (Fsp3) is 0.429. The van der Waals surface area contributed by atoms with Crippen molar-refractivity contribution in [3.05, 3.63) is 47.5 Å². The van der Waals surface area contributed by atoms with E-state index in [1.807, 2.05) is 6.08 Å². The fourth-order valence-electron chi connectivity index (χ4n) is 1.68. The van der Waals surface area contributed by atoms with Crippen molar-refractivity contribution in [3.8, 4) is 0 Å². The van der Waals surface area contributed by atoms with E-state index in [1.165, 1.54) is 5.56 Å². The zero-order valence-electron chi connectivity index (χ0n) is 10.4. The largest absolute Gasteiger partial charge is 0.313 e. The van der Waals surface area contributed by atoms with Crippen molar-refractivity contribution in [3.63, 3.8) is 0 Å². The SMILES string of the molecule is CN(CCCNC/C=C/Cl)Cc1ccccc1. The average molecular weight is 253 g/mol. The van der Waals surface area contributed by atoms with Crippen LogP contribution in [0.3, 0.4) is 0 Å². The summed E-state index contributed by atoms with van der Waals surface area (Å²) < 4.78 is 0. The monoisotopic (exact) mass is 252 g/mol. The summed E-state index contributed by atoms with van der Waals surface area (Å²) in [6.45, 7) is 4.00. The molecule has 1 aromatic carbocycles. The normalized spacial score (nSPS) is 11.5. The van der Waals surface area contributed by atoms with Crippen LogP contribution < -0.4 is 5.32 Å². The molecule has 1 aromatic rings. The van der Waals surface area contributed by atoms with Gasteiger partial charge in [0.2, 0.25) is 0 Å². The first-order chi connectivity index (χ1) is 8.33. The van der Waals surface area contributed by atoms with E-state index < -0.39 is 0 Å². The Morgan fingerprint density at radius 1 is 1.29 bits per heavy atom. The number of nitrogens with zero attached hydrogens (tertiary/aromatic N) is 1. The lowest BCUT2D eigenvalue weighted by atomic mass is 10.2. The minimum atomic E-state index is 0.853. The fourth-order valence-corrected chi connectivity index (χ4v) is 1.77. The predicted molar refractivity (Wildman–Crippen MR) is 75.3 cm³/mol. The van der Waals surface area contributed by atoms with Gasteiger partial charge in [-0.2, -0.15) is 0 Å². The molecule has 0 aliphatic heterocycles. The maximum atomic E-state index is 5.43. The smallest absolute Gasteiger partial charge is 0.0230 e. The molecule has 0 saturated heterocycles. The molecule has 0 heterocycles.